The maximum Gasteiger partial charge on any atom is 0.0746 e. The van der Waals surface area contributed by atoms with Crippen LogP contribution in [0.2, 0.25) is 0 Å². The van der Waals surface area contributed by atoms with Crippen molar-refractivity contribution in [1.29, 1.82) is 0 Å². The van der Waals surface area contributed by atoms with Crippen molar-refractivity contribution in [3.8, 4) is 0 Å². The zero-order valence-electron chi connectivity index (χ0n) is 7.00. The van der Waals surface area contributed by atoms with Gasteiger partial charge in [0.1, 0.15) is 0 Å². The van der Waals surface area contributed by atoms with E-state index in [9.17, 15) is 4.91 Å². The largest absolute Gasteiger partial charge is 0.145 e. The zero-order chi connectivity index (χ0) is 8.69. The molecule has 60 valence electrons. The van der Waals surface area contributed by atoms with Crippen LogP contribution in [0.25, 0.3) is 0 Å². The van der Waals surface area contributed by atoms with E-state index in [0.717, 1.165) is 17.6 Å². The second-order valence-corrected chi connectivity index (χ2v) is 2.34. The van der Waals surface area contributed by atoms with Gasteiger partial charge in [-0.3, -0.25) is 0 Å². The van der Waals surface area contributed by atoms with E-state index in [1.54, 1.807) is 0 Å². The lowest BCUT2D eigenvalue weighted by atomic mass is 10.2. The highest BCUT2D eigenvalue weighted by atomic mass is 16.2. The van der Waals surface area contributed by atoms with Crippen LogP contribution in [-0.4, -0.2) is 0 Å². The van der Waals surface area contributed by atoms with Crippen molar-refractivity contribution < 1.29 is 0 Å². The fourth-order valence-electron chi connectivity index (χ4n) is 0.569. The van der Waals surface area contributed by atoms with Gasteiger partial charge in [-0.1, -0.05) is 31.2 Å². The minimum atomic E-state index is 0.815. The standard InChI is InChI=1S/C9H13NO/c1-4-9(7-10-11)6-5-8(2)3/h5-7H,2,4H2,1,3H3/b6-5-,9-7+. The Bertz CT molecular complexity index is 202. The summed E-state index contributed by atoms with van der Waals surface area (Å²) in [6, 6.07) is 0. The van der Waals surface area contributed by atoms with E-state index in [0.29, 0.717) is 0 Å². The summed E-state index contributed by atoms with van der Waals surface area (Å²) in [6.07, 6.45) is 5.85. The molecule has 0 rings (SSSR count). The van der Waals surface area contributed by atoms with Gasteiger partial charge in [0.05, 0.1) is 6.20 Å². The summed E-state index contributed by atoms with van der Waals surface area (Å²) in [5.41, 5.74) is 1.89. The first-order valence-electron chi connectivity index (χ1n) is 3.55. The molecule has 0 aromatic carbocycles. The summed E-state index contributed by atoms with van der Waals surface area (Å²) in [7, 11) is 0. The SMILES string of the molecule is C=C(C)/C=C\C(=C\N=O)CC. The third-order valence-corrected chi connectivity index (χ3v) is 1.21. The first-order chi connectivity index (χ1) is 5.20. The Morgan fingerprint density at radius 3 is 2.55 bits per heavy atom. The molecule has 0 amide bonds. The van der Waals surface area contributed by atoms with Crippen LogP contribution in [0.5, 0.6) is 0 Å². The Balaban J connectivity index is 4.18. The molecule has 2 heteroatoms. The summed E-state index contributed by atoms with van der Waals surface area (Å²) < 4.78 is 0. The van der Waals surface area contributed by atoms with Crippen molar-refractivity contribution in [3.63, 3.8) is 0 Å². The van der Waals surface area contributed by atoms with Crippen LogP contribution in [-0.2, 0) is 0 Å². The molecule has 11 heavy (non-hydrogen) atoms. The van der Waals surface area contributed by atoms with Crippen molar-refractivity contribution in [2.45, 2.75) is 20.3 Å². The van der Waals surface area contributed by atoms with E-state index in [1.807, 2.05) is 26.0 Å². The molecule has 0 aromatic rings. The molecule has 0 aliphatic carbocycles. The summed E-state index contributed by atoms with van der Waals surface area (Å²) in [5, 5.41) is 2.69. The summed E-state index contributed by atoms with van der Waals surface area (Å²) in [5.74, 6) is 0. The molecule has 0 aliphatic rings. The third kappa shape index (κ3) is 5.27. The predicted octanol–water partition coefficient (Wildman–Crippen LogP) is 3.18. The normalized spacial score (nSPS) is 12.0. The van der Waals surface area contributed by atoms with Crippen molar-refractivity contribution in [3.05, 3.63) is 41.0 Å². The van der Waals surface area contributed by atoms with Gasteiger partial charge in [-0.2, -0.15) is 0 Å². The number of nitrogens with zero attached hydrogens (tertiary/aromatic N) is 1. The van der Waals surface area contributed by atoms with Gasteiger partial charge in [0.2, 0.25) is 0 Å². The Labute approximate surface area is 67.3 Å². The maximum atomic E-state index is 9.84. The fourth-order valence-corrected chi connectivity index (χ4v) is 0.569. The second kappa shape index (κ2) is 5.59. The van der Waals surface area contributed by atoms with Gasteiger partial charge in [0.25, 0.3) is 0 Å². The lowest BCUT2D eigenvalue weighted by molar-refractivity contribution is 1.13. The van der Waals surface area contributed by atoms with Gasteiger partial charge in [0, 0.05) is 0 Å². The lowest BCUT2D eigenvalue weighted by Gasteiger charge is -1.91. The highest BCUT2D eigenvalue weighted by Crippen LogP contribution is 2.04. The molecule has 0 bridgehead atoms. The van der Waals surface area contributed by atoms with Crippen molar-refractivity contribution in [2.24, 2.45) is 5.18 Å². The predicted molar refractivity (Wildman–Crippen MR) is 48.1 cm³/mol. The molecule has 0 atom stereocenters. The van der Waals surface area contributed by atoms with E-state index in [1.165, 1.54) is 6.20 Å². The average Bonchev–Trinajstić information content (AvgIpc) is 1.97. The van der Waals surface area contributed by atoms with Gasteiger partial charge < -0.3 is 0 Å². The molecule has 0 radical (unpaired) electrons. The molecule has 0 spiro atoms. The molecule has 0 aliphatic heterocycles. The highest BCUT2D eigenvalue weighted by molar-refractivity contribution is 5.24. The smallest absolute Gasteiger partial charge is 0.0746 e. The Kier molecular flexibility index (Phi) is 4.99. The van der Waals surface area contributed by atoms with Gasteiger partial charge in [0.15, 0.2) is 0 Å². The fraction of sp³-hybridized carbons (Fsp3) is 0.333. The molecule has 2 nitrogen and oxygen atoms in total. The van der Waals surface area contributed by atoms with Gasteiger partial charge in [-0.25, -0.2) is 0 Å². The zero-order valence-corrected chi connectivity index (χ0v) is 7.00. The molecular formula is C9H13NO. The molecule has 0 heterocycles. The van der Waals surface area contributed by atoms with Crippen LogP contribution in [0.4, 0.5) is 0 Å². The van der Waals surface area contributed by atoms with Crippen LogP contribution in [0.1, 0.15) is 20.3 Å². The van der Waals surface area contributed by atoms with Gasteiger partial charge in [-0.15, -0.1) is 4.91 Å². The summed E-state index contributed by atoms with van der Waals surface area (Å²) >= 11 is 0. The molecule has 0 fully saturated rings. The molecule has 0 saturated carbocycles. The highest BCUT2D eigenvalue weighted by Gasteiger charge is 1.85. The van der Waals surface area contributed by atoms with Crippen LogP contribution < -0.4 is 0 Å². The first kappa shape index (κ1) is 9.82. The Hall–Kier alpha value is -1.18. The van der Waals surface area contributed by atoms with Crippen LogP contribution >= 0.6 is 0 Å². The molecule has 0 unspecified atom stereocenters. The summed E-state index contributed by atoms with van der Waals surface area (Å²) in [4.78, 5) is 9.84. The monoisotopic (exact) mass is 151 g/mol. The first-order valence-corrected chi connectivity index (χ1v) is 3.55. The average molecular weight is 151 g/mol. The van der Waals surface area contributed by atoms with Crippen molar-refractivity contribution >= 4 is 0 Å². The Morgan fingerprint density at radius 1 is 1.55 bits per heavy atom. The van der Waals surface area contributed by atoms with Crippen LogP contribution in [0, 0.1) is 4.91 Å². The second-order valence-electron chi connectivity index (χ2n) is 2.34. The molecule has 0 aromatic heterocycles. The minimum Gasteiger partial charge on any atom is -0.145 e. The summed E-state index contributed by atoms with van der Waals surface area (Å²) in [6.45, 7) is 7.57. The van der Waals surface area contributed by atoms with E-state index in [4.69, 9.17) is 0 Å². The number of rotatable bonds is 4. The van der Waals surface area contributed by atoms with E-state index in [-0.39, 0.29) is 0 Å². The van der Waals surface area contributed by atoms with Gasteiger partial charge in [-0.05, 0) is 24.1 Å². The van der Waals surface area contributed by atoms with Gasteiger partial charge >= 0.3 is 0 Å². The van der Waals surface area contributed by atoms with Crippen LogP contribution in [0.15, 0.2) is 41.3 Å². The molecular weight excluding hydrogens is 138 g/mol. The molecule has 0 N–H and O–H groups in total. The number of hydrogen-bond acceptors (Lipinski definition) is 2. The van der Waals surface area contributed by atoms with E-state index < -0.39 is 0 Å². The van der Waals surface area contributed by atoms with E-state index in [2.05, 4.69) is 11.8 Å². The van der Waals surface area contributed by atoms with Crippen LogP contribution in [0.3, 0.4) is 0 Å². The maximum absolute atomic E-state index is 9.84. The third-order valence-electron chi connectivity index (χ3n) is 1.21. The minimum absolute atomic E-state index is 0.815. The van der Waals surface area contributed by atoms with E-state index >= 15 is 0 Å². The number of nitroso groups, excluding NO2 is 1. The Morgan fingerprint density at radius 2 is 2.18 bits per heavy atom. The van der Waals surface area contributed by atoms with Crippen molar-refractivity contribution in [2.75, 3.05) is 0 Å². The molecule has 0 saturated heterocycles. The quantitative estimate of drug-likeness (QED) is 0.448. The topological polar surface area (TPSA) is 29.4 Å². The number of allylic oxidation sites excluding steroid dienone is 4. The van der Waals surface area contributed by atoms with Crippen molar-refractivity contribution in [1.82, 2.24) is 0 Å². The lowest BCUT2D eigenvalue weighted by Crippen LogP contribution is -1.72. The number of hydrogen-bond donors (Lipinski definition) is 0.